The maximum Gasteiger partial charge on any atom is 0.416 e. The molecule has 0 aliphatic carbocycles. The number of piperidine rings is 1. The van der Waals surface area contributed by atoms with Crippen molar-refractivity contribution >= 4 is 40.4 Å². The number of aliphatic carboxylic acids is 1. The van der Waals surface area contributed by atoms with Crippen molar-refractivity contribution in [3.8, 4) is 11.8 Å². The van der Waals surface area contributed by atoms with E-state index in [1.54, 1.807) is 18.0 Å². The Hall–Kier alpha value is -5.03. The number of carbonyl (C=O) groups excluding carboxylic acids is 2. The molecule has 0 spiro atoms. The van der Waals surface area contributed by atoms with Gasteiger partial charge in [-0.05, 0) is 36.6 Å². The summed E-state index contributed by atoms with van der Waals surface area (Å²) in [5, 5.41) is 49.4. The highest BCUT2D eigenvalue weighted by atomic mass is 19.4. The van der Waals surface area contributed by atoms with Gasteiger partial charge in [-0.1, -0.05) is 6.92 Å². The largest absolute Gasteiger partial charge is 0.479 e. The second-order valence-corrected chi connectivity index (χ2v) is 12.1. The maximum absolute atomic E-state index is 13.9. The molecule has 2 aromatic heterocycles. The van der Waals surface area contributed by atoms with Crippen LogP contribution in [0.3, 0.4) is 0 Å². The van der Waals surface area contributed by atoms with Gasteiger partial charge in [0.15, 0.2) is 11.8 Å². The molecular weight excluding hydrogens is 671 g/mol. The first-order valence-corrected chi connectivity index (χ1v) is 15.3. The van der Waals surface area contributed by atoms with E-state index in [1.807, 2.05) is 17.9 Å². The minimum Gasteiger partial charge on any atom is -0.479 e. The molecule has 16 nitrogen and oxygen atoms in total. The standard InChI is InChI=1S/C31H34F3N7O9/c1-15-7-10-40(21(42)6-9-35)13-19(15)38(2)26-17-8-11-41(27(17)37-14-36-26)30(48)39(3)18-12-16(31(32,33)34)4-5-20(18)49-29-24(45)22(43)23(44)25(50-29)28(46)47/h4-5,8,11-12,14-15,19,22-25,29,43-45H,6-7,10,13H2,1-3H3,(H,46,47)/t15-,19?,22+,23+,24-,25+,29-/m1/s1. The quantitative estimate of drug-likeness (QED) is 0.274. The summed E-state index contributed by atoms with van der Waals surface area (Å²) in [6.07, 6.45) is -12.0. The molecule has 1 aromatic carbocycles. The van der Waals surface area contributed by atoms with Gasteiger partial charge in [0.25, 0.3) is 0 Å². The van der Waals surface area contributed by atoms with Crippen LogP contribution in [0.2, 0.25) is 0 Å². The molecule has 4 heterocycles. The zero-order chi connectivity index (χ0) is 36.7. The second kappa shape index (κ2) is 14.1. The van der Waals surface area contributed by atoms with Gasteiger partial charge in [-0.25, -0.2) is 19.6 Å². The van der Waals surface area contributed by atoms with Crippen LogP contribution in [0.5, 0.6) is 5.75 Å². The van der Waals surface area contributed by atoms with E-state index < -0.39 is 65.9 Å². The molecule has 2 aliphatic rings. The van der Waals surface area contributed by atoms with E-state index in [1.165, 1.54) is 12.5 Å². The number of amides is 2. The number of halogens is 3. The number of aliphatic hydroxyl groups excluding tert-OH is 3. The van der Waals surface area contributed by atoms with Crippen LogP contribution in [0.15, 0.2) is 36.8 Å². The van der Waals surface area contributed by atoms with Crippen LogP contribution < -0.4 is 14.5 Å². The SMILES string of the molecule is C[C@@H]1CCN(C(=O)CC#N)CC1N(C)c1ncnc2c1ccn2C(=O)N(C)c1cc(C(F)(F)F)ccc1O[C@@H]1O[C@H](C(=O)O)[C@@H](O)[C@H](O)[C@H]1O. The lowest BCUT2D eigenvalue weighted by Gasteiger charge is -2.42. The highest BCUT2D eigenvalue weighted by Gasteiger charge is 2.48. The van der Waals surface area contributed by atoms with Gasteiger partial charge in [0.2, 0.25) is 12.2 Å². The number of anilines is 2. The molecule has 7 atom stereocenters. The minimum absolute atomic E-state index is 0.0986. The van der Waals surface area contributed by atoms with Gasteiger partial charge in [0.1, 0.15) is 42.6 Å². The molecule has 1 unspecified atom stereocenters. The summed E-state index contributed by atoms with van der Waals surface area (Å²) in [6.45, 7) is 2.84. The summed E-state index contributed by atoms with van der Waals surface area (Å²) in [5.74, 6) is -1.92. The van der Waals surface area contributed by atoms with Gasteiger partial charge < -0.3 is 39.7 Å². The number of carbonyl (C=O) groups is 3. The predicted molar refractivity (Wildman–Crippen MR) is 166 cm³/mol. The monoisotopic (exact) mass is 705 g/mol. The second-order valence-electron chi connectivity index (χ2n) is 12.1. The number of likely N-dealkylation sites (N-methyl/N-ethyl adjacent to an activating group) is 1. The summed E-state index contributed by atoms with van der Waals surface area (Å²) in [4.78, 5) is 50.9. The number of ether oxygens (including phenoxy) is 2. The summed E-state index contributed by atoms with van der Waals surface area (Å²) in [7, 11) is 2.92. The number of carboxylic acids is 1. The first-order valence-electron chi connectivity index (χ1n) is 15.3. The van der Waals surface area contributed by atoms with E-state index in [-0.39, 0.29) is 29.9 Å². The number of benzene rings is 1. The van der Waals surface area contributed by atoms with Crippen molar-refractivity contribution in [3.63, 3.8) is 0 Å². The number of nitrogens with zero attached hydrogens (tertiary/aromatic N) is 7. The third-order valence-corrected chi connectivity index (χ3v) is 8.99. The number of likely N-dealkylation sites (tertiary alicyclic amines) is 1. The fourth-order valence-corrected chi connectivity index (χ4v) is 6.08. The third kappa shape index (κ3) is 6.87. The third-order valence-electron chi connectivity index (χ3n) is 8.99. The van der Waals surface area contributed by atoms with Crippen LogP contribution in [0.1, 0.15) is 25.3 Å². The molecule has 0 saturated carbocycles. The molecule has 0 bridgehead atoms. The van der Waals surface area contributed by atoms with E-state index in [9.17, 15) is 48.0 Å². The number of rotatable bonds is 7. The minimum atomic E-state index is -4.86. The normalized spacial score (nSPS) is 25.5. The maximum atomic E-state index is 13.9. The number of fused-ring (bicyclic) bond motifs is 1. The van der Waals surface area contributed by atoms with Gasteiger partial charge in [-0.15, -0.1) is 0 Å². The number of hydrogen-bond donors (Lipinski definition) is 4. The number of aliphatic hydroxyl groups is 3. The van der Waals surface area contributed by atoms with Crippen molar-refractivity contribution in [1.29, 1.82) is 5.26 Å². The topological polar surface area (TPSA) is 215 Å². The Labute approximate surface area is 282 Å². The van der Waals surface area contributed by atoms with Crippen molar-refractivity contribution in [1.82, 2.24) is 19.4 Å². The summed E-state index contributed by atoms with van der Waals surface area (Å²) >= 11 is 0. The van der Waals surface area contributed by atoms with Crippen LogP contribution in [0, 0.1) is 17.2 Å². The van der Waals surface area contributed by atoms with Crippen LogP contribution in [-0.4, -0.2) is 122 Å². The zero-order valence-electron chi connectivity index (χ0n) is 26.9. The van der Waals surface area contributed by atoms with E-state index in [4.69, 9.17) is 14.7 Å². The number of carboxylic acid groups (broad SMARTS) is 1. The fourth-order valence-electron chi connectivity index (χ4n) is 6.08. The van der Waals surface area contributed by atoms with Crippen LogP contribution >= 0.6 is 0 Å². The van der Waals surface area contributed by atoms with Gasteiger partial charge in [-0.3, -0.25) is 14.3 Å². The summed E-state index contributed by atoms with van der Waals surface area (Å²) < 4.78 is 53.2. The van der Waals surface area contributed by atoms with Crippen molar-refractivity contribution in [2.24, 2.45) is 5.92 Å². The lowest BCUT2D eigenvalue weighted by molar-refractivity contribution is -0.271. The van der Waals surface area contributed by atoms with Crippen LogP contribution in [-0.2, 0) is 20.5 Å². The van der Waals surface area contributed by atoms with Crippen molar-refractivity contribution < 1.29 is 57.5 Å². The first kappa shape index (κ1) is 36.3. The van der Waals surface area contributed by atoms with E-state index >= 15 is 0 Å². The van der Waals surface area contributed by atoms with Gasteiger partial charge in [-0.2, -0.15) is 18.4 Å². The Balaban J connectivity index is 1.47. The Kier molecular flexibility index (Phi) is 10.2. The Morgan fingerprint density at radius 1 is 1.12 bits per heavy atom. The lowest BCUT2D eigenvalue weighted by Crippen LogP contribution is -2.61. The van der Waals surface area contributed by atoms with Gasteiger partial charge >= 0.3 is 18.2 Å². The molecule has 50 heavy (non-hydrogen) atoms. The van der Waals surface area contributed by atoms with Crippen molar-refractivity contribution in [2.45, 2.75) is 62.7 Å². The zero-order valence-corrected chi connectivity index (χ0v) is 26.9. The smallest absolute Gasteiger partial charge is 0.416 e. The number of alkyl halides is 3. The molecule has 2 saturated heterocycles. The van der Waals surface area contributed by atoms with Crippen molar-refractivity contribution in [3.05, 3.63) is 42.4 Å². The summed E-state index contributed by atoms with van der Waals surface area (Å²) in [5.41, 5.74) is -1.54. The molecule has 5 rings (SSSR count). The van der Waals surface area contributed by atoms with E-state index in [0.717, 1.165) is 22.6 Å². The number of nitriles is 1. The molecule has 268 valence electrons. The van der Waals surface area contributed by atoms with Crippen LogP contribution in [0.4, 0.5) is 29.5 Å². The highest BCUT2D eigenvalue weighted by Crippen LogP contribution is 2.39. The highest BCUT2D eigenvalue weighted by molar-refractivity contribution is 6.01. The molecule has 19 heteroatoms. The van der Waals surface area contributed by atoms with Crippen LogP contribution in [0.25, 0.3) is 11.0 Å². The Bertz CT molecular complexity index is 1820. The molecule has 2 amide bonds. The summed E-state index contributed by atoms with van der Waals surface area (Å²) in [6, 6.07) is 4.38. The Morgan fingerprint density at radius 3 is 2.50 bits per heavy atom. The number of hydrogen-bond acceptors (Lipinski definition) is 12. The predicted octanol–water partition coefficient (Wildman–Crippen LogP) is 1.41. The average Bonchev–Trinajstić information content (AvgIpc) is 3.51. The lowest BCUT2D eigenvalue weighted by atomic mass is 9.92. The molecule has 0 radical (unpaired) electrons. The molecule has 2 aliphatic heterocycles. The first-order chi connectivity index (χ1) is 23.5. The molecule has 4 N–H and O–H groups in total. The average molecular weight is 706 g/mol. The molecule has 2 fully saturated rings. The van der Waals surface area contributed by atoms with Gasteiger partial charge in [0, 0.05) is 33.4 Å². The fraction of sp³-hybridized carbons (Fsp3) is 0.484. The van der Waals surface area contributed by atoms with Crippen molar-refractivity contribution in [2.75, 3.05) is 37.0 Å². The number of aromatic nitrogens is 3. The Morgan fingerprint density at radius 2 is 1.84 bits per heavy atom. The molecular formula is C31H34F3N7O9. The van der Waals surface area contributed by atoms with Gasteiger partial charge in [0.05, 0.1) is 28.7 Å². The van der Waals surface area contributed by atoms with E-state index in [2.05, 4.69) is 9.97 Å². The van der Waals surface area contributed by atoms with E-state index in [0.29, 0.717) is 42.8 Å². The molecule has 3 aromatic rings.